The number of carbonyl (C=O) groups is 2. The molecular weight excluding hydrogens is 282 g/mol. The van der Waals surface area contributed by atoms with Gasteiger partial charge in [0.25, 0.3) is 11.3 Å². The molecule has 2 aromatic heterocycles. The summed E-state index contributed by atoms with van der Waals surface area (Å²) in [4.78, 5) is 38.6. The molecule has 21 heavy (non-hydrogen) atoms. The van der Waals surface area contributed by atoms with Crippen molar-refractivity contribution in [3.05, 3.63) is 22.4 Å². The molecule has 0 spiro atoms. The molecule has 0 aliphatic heterocycles. The van der Waals surface area contributed by atoms with Crippen LogP contribution in [0.1, 0.15) is 31.3 Å². The lowest BCUT2D eigenvalue weighted by atomic mass is 10.2. The number of carboxylic acids is 1. The van der Waals surface area contributed by atoms with E-state index >= 15 is 0 Å². The summed E-state index contributed by atoms with van der Waals surface area (Å²) in [6.45, 7) is 4.69. The fourth-order valence-electron chi connectivity index (χ4n) is 1.65. The van der Waals surface area contributed by atoms with Crippen LogP contribution in [0.4, 0.5) is 0 Å². The van der Waals surface area contributed by atoms with Gasteiger partial charge in [0.2, 0.25) is 5.69 Å². The number of aromatic nitrogens is 3. The van der Waals surface area contributed by atoms with E-state index in [1.54, 1.807) is 20.8 Å². The van der Waals surface area contributed by atoms with Crippen LogP contribution in [0.3, 0.4) is 0 Å². The highest BCUT2D eigenvalue weighted by molar-refractivity contribution is 5.98. The lowest BCUT2D eigenvalue weighted by Crippen LogP contribution is -2.30. The minimum atomic E-state index is -1.41. The molecule has 2 heterocycles. The lowest BCUT2D eigenvalue weighted by molar-refractivity contribution is -0.155. The van der Waals surface area contributed by atoms with Crippen molar-refractivity contribution in [1.82, 2.24) is 14.7 Å². The lowest BCUT2D eigenvalue weighted by Gasteiger charge is -2.19. The third-order valence-electron chi connectivity index (χ3n) is 2.39. The summed E-state index contributed by atoms with van der Waals surface area (Å²) < 4.78 is 10.7. The Morgan fingerprint density at radius 3 is 2.67 bits per heavy atom. The first-order chi connectivity index (χ1) is 9.69. The van der Waals surface area contributed by atoms with E-state index in [1.165, 1.54) is 0 Å². The third kappa shape index (κ3) is 3.07. The maximum atomic E-state index is 12.2. The molecule has 0 aliphatic rings. The van der Waals surface area contributed by atoms with Gasteiger partial charge in [0.05, 0.1) is 0 Å². The van der Waals surface area contributed by atoms with Crippen LogP contribution in [0.25, 0.3) is 11.1 Å². The Balaban J connectivity index is 2.40. The first-order valence-corrected chi connectivity index (χ1v) is 5.99. The first-order valence-electron chi connectivity index (χ1n) is 5.99. The van der Waals surface area contributed by atoms with E-state index in [4.69, 9.17) is 9.84 Å². The Kier molecular flexibility index (Phi) is 3.50. The third-order valence-corrected chi connectivity index (χ3v) is 2.39. The number of aromatic carboxylic acids is 1. The zero-order chi connectivity index (χ0) is 15.8. The molecule has 0 radical (unpaired) electrons. The second kappa shape index (κ2) is 5.00. The summed E-state index contributed by atoms with van der Waals surface area (Å²) in [5, 5.41) is 11.9. The van der Waals surface area contributed by atoms with E-state index < -0.39 is 28.8 Å². The van der Waals surface area contributed by atoms with Gasteiger partial charge in [-0.05, 0) is 20.8 Å². The number of carbonyl (C=O) groups excluding carboxylic acids is 1. The zero-order valence-corrected chi connectivity index (χ0v) is 11.6. The maximum absolute atomic E-state index is 12.2. The monoisotopic (exact) mass is 295 g/mol. The van der Waals surface area contributed by atoms with Gasteiger partial charge in [0, 0.05) is 0 Å². The van der Waals surface area contributed by atoms with Gasteiger partial charge in [-0.2, -0.15) is 0 Å². The van der Waals surface area contributed by atoms with Crippen molar-refractivity contribution in [2.24, 2.45) is 0 Å². The molecule has 2 aromatic rings. The molecule has 0 saturated carbocycles. The molecule has 2 rings (SSSR count). The van der Waals surface area contributed by atoms with Gasteiger partial charge in [0.1, 0.15) is 23.9 Å². The number of hydrogen-bond acceptors (Lipinski definition) is 7. The van der Waals surface area contributed by atoms with Crippen molar-refractivity contribution in [2.45, 2.75) is 32.9 Å². The zero-order valence-electron chi connectivity index (χ0n) is 11.6. The van der Waals surface area contributed by atoms with Crippen LogP contribution in [0.5, 0.6) is 0 Å². The molecule has 0 unspecified atom stereocenters. The minimum Gasteiger partial charge on any atom is -0.476 e. The molecule has 0 fully saturated rings. The first kappa shape index (κ1) is 14.7. The standard InChI is InChI=1S/C12H13N3O6/c1-12(2,3)20-6(16)4-15-5-13-9-7(10(15)17)8(11(18)19)14-21-9/h5H,4H2,1-3H3,(H,18,19). The van der Waals surface area contributed by atoms with Crippen molar-refractivity contribution < 1.29 is 24.0 Å². The van der Waals surface area contributed by atoms with E-state index in [2.05, 4.69) is 14.7 Å². The Morgan fingerprint density at radius 2 is 2.10 bits per heavy atom. The second-order valence-electron chi connectivity index (χ2n) is 5.28. The number of carboxylic acid groups (broad SMARTS) is 1. The number of nitrogens with zero attached hydrogens (tertiary/aromatic N) is 3. The molecule has 112 valence electrons. The van der Waals surface area contributed by atoms with Gasteiger partial charge in [-0.25, -0.2) is 9.78 Å². The fourth-order valence-corrected chi connectivity index (χ4v) is 1.65. The van der Waals surface area contributed by atoms with Crippen molar-refractivity contribution >= 4 is 23.0 Å². The topological polar surface area (TPSA) is 125 Å². The summed E-state index contributed by atoms with van der Waals surface area (Å²) in [6, 6.07) is 0. The number of fused-ring (bicyclic) bond motifs is 1. The van der Waals surface area contributed by atoms with Crippen LogP contribution < -0.4 is 5.56 Å². The molecular formula is C12H13N3O6. The average molecular weight is 295 g/mol. The maximum Gasteiger partial charge on any atom is 0.359 e. The van der Waals surface area contributed by atoms with Gasteiger partial charge in [-0.1, -0.05) is 5.16 Å². The van der Waals surface area contributed by atoms with Gasteiger partial charge >= 0.3 is 11.9 Å². The summed E-state index contributed by atoms with van der Waals surface area (Å²) in [7, 11) is 0. The Hall–Kier alpha value is -2.71. The highest BCUT2D eigenvalue weighted by Crippen LogP contribution is 2.12. The van der Waals surface area contributed by atoms with Crippen LogP contribution in [-0.4, -0.2) is 37.4 Å². The molecule has 9 nitrogen and oxygen atoms in total. The Labute approximate surface area is 118 Å². The molecule has 0 saturated heterocycles. The molecule has 1 N–H and O–H groups in total. The molecule has 0 atom stereocenters. The van der Waals surface area contributed by atoms with Crippen LogP contribution in [0, 0.1) is 0 Å². The minimum absolute atomic E-state index is 0.196. The second-order valence-corrected chi connectivity index (χ2v) is 5.28. The predicted molar refractivity (Wildman–Crippen MR) is 68.9 cm³/mol. The fraction of sp³-hybridized carbons (Fsp3) is 0.417. The average Bonchev–Trinajstić information content (AvgIpc) is 2.75. The summed E-state index contributed by atoms with van der Waals surface area (Å²) in [5.41, 5.74) is -2.16. The van der Waals surface area contributed by atoms with Crippen molar-refractivity contribution in [1.29, 1.82) is 0 Å². The predicted octanol–water partition coefficient (Wildman–Crippen LogP) is 0.424. The SMILES string of the molecule is CC(C)(C)OC(=O)Cn1cnc2onc(C(=O)O)c2c1=O. The molecule has 0 amide bonds. The van der Waals surface area contributed by atoms with Gasteiger partial charge in [0.15, 0.2) is 0 Å². The number of ether oxygens (including phenoxy) is 1. The van der Waals surface area contributed by atoms with Crippen LogP contribution in [0.15, 0.2) is 15.6 Å². The summed E-state index contributed by atoms with van der Waals surface area (Å²) in [5.74, 6) is -2.05. The highest BCUT2D eigenvalue weighted by atomic mass is 16.6. The van der Waals surface area contributed by atoms with E-state index in [0.717, 1.165) is 10.9 Å². The normalized spacial score (nSPS) is 11.6. The Bertz CT molecular complexity index is 767. The van der Waals surface area contributed by atoms with Crippen LogP contribution in [0.2, 0.25) is 0 Å². The molecule has 0 bridgehead atoms. The highest BCUT2D eigenvalue weighted by Gasteiger charge is 2.22. The summed E-state index contributed by atoms with van der Waals surface area (Å²) in [6.07, 6.45) is 1.07. The van der Waals surface area contributed by atoms with Crippen molar-refractivity contribution in [3.63, 3.8) is 0 Å². The molecule has 0 aromatic carbocycles. The molecule has 9 heteroatoms. The smallest absolute Gasteiger partial charge is 0.359 e. The van der Waals surface area contributed by atoms with Gasteiger partial charge in [-0.3, -0.25) is 14.2 Å². The van der Waals surface area contributed by atoms with E-state index in [0.29, 0.717) is 0 Å². The Morgan fingerprint density at radius 1 is 1.43 bits per heavy atom. The van der Waals surface area contributed by atoms with Crippen LogP contribution in [-0.2, 0) is 16.1 Å². The van der Waals surface area contributed by atoms with Gasteiger partial charge in [-0.15, -0.1) is 0 Å². The summed E-state index contributed by atoms with van der Waals surface area (Å²) >= 11 is 0. The largest absolute Gasteiger partial charge is 0.476 e. The molecule has 0 aliphatic carbocycles. The van der Waals surface area contributed by atoms with Crippen molar-refractivity contribution in [3.8, 4) is 0 Å². The number of esters is 1. The van der Waals surface area contributed by atoms with E-state index in [1.807, 2.05) is 0 Å². The number of hydrogen-bond donors (Lipinski definition) is 1. The number of rotatable bonds is 3. The van der Waals surface area contributed by atoms with E-state index in [-0.39, 0.29) is 17.6 Å². The van der Waals surface area contributed by atoms with Crippen molar-refractivity contribution in [2.75, 3.05) is 0 Å². The quantitative estimate of drug-likeness (QED) is 0.808. The van der Waals surface area contributed by atoms with E-state index in [9.17, 15) is 14.4 Å². The van der Waals surface area contributed by atoms with Gasteiger partial charge < -0.3 is 14.4 Å². The van der Waals surface area contributed by atoms with Crippen LogP contribution >= 0.6 is 0 Å².